The third kappa shape index (κ3) is 2.47. The zero-order valence-corrected chi connectivity index (χ0v) is 8.07. The summed E-state index contributed by atoms with van der Waals surface area (Å²) in [5, 5.41) is 0. The molecule has 4 heteroatoms. The van der Waals surface area contributed by atoms with E-state index in [0.29, 0.717) is 5.75 Å². The van der Waals surface area contributed by atoms with E-state index in [1.54, 1.807) is 13.2 Å². The Hall–Kier alpha value is -1.55. The van der Waals surface area contributed by atoms with Crippen molar-refractivity contribution in [2.45, 2.75) is 12.5 Å². The first-order valence-electron chi connectivity index (χ1n) is 4.32. The zero-order chi connectivity index (χ0) is 10.6. The lowest BCUT2D eigenvalue weighted by atomic mass is 10.0. The van der Waals surface area contributed by atoms with Crippen molar-refractivity contribution >= 4 is 5.91 Å². The lowest BCUT2D eigenvalue weighted by Gasteiger charge is -2.13. The minimum absolute atomic E-state index is 0.125. The van der Waals surface area contributed by atoms with Gasteiger partial charge in [0.15, 0.2) is 0 Å². The van der Waals surface area contributed by atoms with Crippen LogP contribution in [0, 0.1) is 0 Å². The fraction of sp³-hybridized carbons (Fsp3) is 0.300. The van der Waals surface area contributed by atoms with Crippen molar-refractivity contribution in [3.05, 3.63) is 29.8 Å². The third-order valence-electron chi connectivity index (χ3n) is 1.96. The van der Waals surface area contributed by atoms with E-state index in [4.69, 9.17) is 16.2 Å². The predicted octanol–water partition coefficient (Wildman–Crippen LogP) is 0.570. The molecule has 0 radical (unpaired) electrons. The van der Waals surface area contributed by atoms with Crippen LogP contribution in [0.15, 0.2) is 24.3 Å². The molecule has 4 nitrogen and oxygen atoms in total. The number of benzene rings is 1. The van der Waals surface area contributed by atoms with E-state index in [9.17, 15) is 4.79 Å². The molecule has 0 saturated carbocycles. The van der Waals surface area contributed by atoms with Crippen molar-refractivity contribution in [1.29, 1.82) is 0 Å². The Kier molecular flexibility index (Phi) is 3.48. The molecule has 76 valence electrons. The molecule has 1 aromatic carbocycles. The van der Waals surface area contributed by atoms with Crippen LogP contribution in [0.3, 0.4) is 0 Å². The molecule has 1 unspecified atom stereocenters. The number of hydrogen-bond acceptors (Lipinski definition) is 3. The van der Waals surface area contributed by atoms with Crippen molar-refractivity contribution in [2.75, 3.05) is 7.11 Å². The SMILES string of the molecule is COc1ccccc1C(N)CC(N)=O. The van der Waals surface area contributed by atoms with E-state index in [1.165, 1.54) is 0 Å². The summed E-state index contributed by atoms with van der Waals surface area (Å²) in [6.07, 6.45) is 0.125. The first-order chi connectivity index (χ1) is 6.65. The second kappa shape index (κ2) is 4.62. The first-order valence-corrected chi connectivity index (χ1v) is 4.32. The Morgan fingerprint density at radius 1 is 1.50 bits per heavy atom. The highest BCUT2D eigenvalue weighted by molar-refractivity contribution is 5.74. The molecule has 1 aromatic rings. The number of carbonyl (C=O) groups is 1. The van der Waals surface area contributed by atoms with E-state index >= 15 is 0 Å². The molecule has 0 aliphatic rings. The Labute approximate surface area is 82.8 Å². The van der Waals surface area contributed by atoms with E-state index in [0.717, 1.165) is 5.56 Å². The van der Waals surface area contributed by atoms with Gasteiger partial charge in [0.05, 0.1) is 7.11 Å². The number of amides is 1. The standard InChI is InChI=1S/C10H14N2O2/c1-14-9-5-3-2-4-7(9)8(11)6-10(12)13/h2-5,8H,6,11H2,1H3,(H2,12,13). The maximum Gasteiger partial charge on any atom is 0.219 e. The summed E-state index contributed by atoms with van der Waals surface area (Å²) in [6, 6.07) is 6.92. The molecule has 1 amide bonds. The van der Waals surface area contributed by atoms with Gasteiger partial charge < -0.3 is 16.2 Å². The van der Waals surface area contributed by atoms with Gasteiger partial charge in [0, 0.05) is 18.0 Å². The van der Waals surface area contributed by atoms with E-state index in [1.807, 2.05) is 18.2 Å². The number of methoxy groups -OCH3 is 1. The lowest BCUT2D eigenvalue weighted by Crippen LogP contribution is -2.21. The molecule has 0 bridgehead atoms. The highest BCUT2D eigenvalue weighted by atomic mass is 16.5. The summed E-state index contributed by atoms with van der Waals surface area (Å²) in [4.78, 5) is 10.7. The van der Waals surface area contributed by atoms with E-state index < -0.39 is 11.9 Å². The summed E-state index contributed by atoms with van der Waals surface area (Å²) < 4.78 is 5.12. The highest BCUT2D eigenvalue weighted by Crippen LogP contribution is 2.24. The molecule has 0 aliphatic heterocycles. The van der Waals surface area contributed by atoms with Crippen LogP contribution < -0.4 is 16.2 Å². The molecule has 0 heterocycles. The van der Waals surface area contributed by atoms with Crippen LogP contribution in [0.5, 0.6) is 5.75 Å². The van der Waals surface area contributed by atoms with Gasteiger partial charge in [0.2, 0.25) is 5.91 Å². The molecule has 14 heavy (non-hydrogen) atoms. The summed E-state index contributed by atoms with van der Waals surface area (Å²) >= 11 is 0. The van der Waals surface area contributed by atoms with Crippen LogP contribution in [0.2, 0.25) is 0 Å². The molecule has 0 spiro atoms. The Morgan fingerprint density at radius 3 is 2.71 bits per heavy atom. The number of primary amides is 1. The molecular weight excluding hydrogens is 180 g/mol. The minimum Gasteiger partial charge on any atom is -0.496 e. The van der Waals surface area contributed by atoms with Gasteiger partial charge in [-0.25, -0.2) is 0 Å². The molecule has 0 fully saturated rings. The van der Waals surface area contributed by atoms with E-state index in [-0.39, 0.29) is 6.42 Å². The number of rotatable bonds is 4. The van der Waals surface area contributed by atoms with Crippen molar-refractivity contribution in [3.8, 4) is 5.75 Å². The predicted molar refractivity (Wildman–Crippen MR) is 53.7 cm³/mol. The minimum atomic E-state index is -0.414. The number of nitrogens with two attached hydrogens (primary N) is 2. The molecule has 0 saturated heterocycles. The molecule has 0 aromatic heterocycles. The molecule has 0 aliphatic carbocycles. The van der Waals surface area contributed by atoms with Gasteiger partial charge in [-0.1, -0.05) is 18.2 Å². The van der Waals surface area contributed by atoms with Gasteiger partial charge in [0.1, 0.15) is 5.75 Å². The largest absolute Gasteiger partial charge is 0.496 e. The van der Waals surface area contributed by atoms with Crippen LogP contribution in [0.25, 0.3) is 0 Å². The first kappa shape index (κ1) is 10.5. The third-order valence-corrected chi connectivity index (χ3v) is 1.96. The fourth-order valence-corrected chi connectivity index (χ4v) is 1.30. The fourth-order valence-electron chi connectivity index (χ4n) is 1.30. The zero-order valence-electron chi connectivity index (χ0n) is 8.07. The number of para-hydroxylation sites is 1. The topological polar surface area (TPSA) is 78.3 Å². The molecular formula is C10H14N2O2. The van der Waals surface area contributed by atoms with Crippen molar-refractivity contribution in [1.82, 2.24) is 0 Å². The van der Waals surface area contributed by atoms with Crippen molar-refractivity contribution in [2.24, 2.45) is 11.5 Å². The monoisotopic (exact) mass is 194 g/mol. The van der Waals surface area contributed by atoms with Crippen LogP contribution in [-0.4, -0.2) is 13.0 Å². The molecule has 4 N–H and O–H groups in total. The molecule has 1 rings (SSSR count). The van der Waals surface area contributed by atoms with Gasteiger partial charge in [-0.3, -0.25) is 4.79 Å². The van der Waals surface area contributed by atoms with Crippen LogP contribution >= 0.6 is 0 Å². The van der Waals surface area contributed by atoms with Crippen molar-refractivity contribution < 1.29 is 9.53 Å². The Bertz CT molecular complexity index is 326. The second-order valence-corrected chi connectivity index (χ2v) is 3.02. The Morgan fingerprint density at radius 2 is 2.14 bits per heavy atom. The quantitative estimate of drug-likeness (QED) is 0.735. The van der Waals surface area contributed by atoms with Crippen LogP contribution in [0.1, 0.15) is 18.0 Å². The Balaban J connectivity index is 2.87. The second-order valence-electron chi connectivity index (χ2n) is 3.02. The lowest BCUT2D eigenvalue weighted by molar-refractivity contribution is -0.118. The van der Waals surface area contributed by atoms with Crippen LogP contribution in [0.4, 0.5) is 0 Å². The summed E-state index contributed by atoms with van der Waals surface area (Å²) in [7, 11) is 1.57. The van der Waals surface area contributed by atoms with Gasteiger partial charge in [0.25, 0.3) is 0 Å². The number of carbonyl (C=O) groups excluding carboxylic acids is 1. The highest BCUT2D eigenvalue weighted by Gasteiger charge is 2.13. The van der Waals surface area contributed by atoms with Crippen molar-refractivity contribution in [3.63, 3.8) is 0 Å². The van der Waals surface area contributed by atoms with Gasteiger partial charge in [-0.05, 0) is 6.07 Å². The summed E-state index contributed by atoms with van der Waals surface area (Å²) in [6.45, 7) is 0. The maximum absolute atomic E-state index is 10.7. The normalized spacial score (nSPS) is 12.1. The smallest absolute Gasteiger partial charge is 0.219 e. The number of ether oxygens (including phenoxy) is 1. The number of hydrogen-bond donors (Lipinski definition) is 2. The summed E-state index contributed by atoms with van der Waals surface area (Å²) in [5.74, 6) is 0.268. The maximum atomic E-state index is 10.7. The average Bonchev–Trinajstić information content (AvgIpc) is 2.16. The summed E-state index contributed by atoms with van der Waals surface area (Å²) in [5.41, 5.74) is 11.7. The average molecular weight is 194 g/mol. The van der Waals surface area contributed by atoms with Crippen LogP contribution in [-0.2, 0) is 4.79 Å². The van der Waals surface area contributed by atoms with Gasteiger partial charge in [-0.2, -0.15) is 0 Å². The van der Waals surface area contributed by atoms with Gasteiger partial charge in [-0.15, -0.1) is 0 Å². The van der Waals surface area contributed by atoms with E-state index in [2.05, 4.69) is 0 Å². The molecule has 1 atom stereocenters. The van der Waals surface area contributed by atoms with Gasteiger partial charge >= 0.3 is 0 Å².